The van der Waals surface area contributed by atoms with Gasteiger partial charge in [-0.2, -0.15) is 0 Å². The number of aryl methyl sites for hydroxylation is 1. The highest BCUT2D eigenvalue weighted by atomic mass is 14.3. The fraction of sp³-hybridized carbons (Fsp3) is 0.200. The molecule has 2 aliphatic rings. The Morgan fingerprint density at radius 3 is 2.20 bits per heavy atom. The van der Waals surface area contributed by atoms with Crippen LogP contribution in [0.15, 0.2) is 72.3 Å². The Labute approximate surface area is 149 Å². The second-order valence-electron chi connectivity index (χ2n) is 7.42. The van der Waals surface area contributed by atoms with E-state index in [1.165, 1.54) is 45.4 Å². The summed E-state index contributed by atoms with van der Waals surface area (Å²) >= 11 is 0. The largest absolute Gasteiger partial charge is 0.0683 e. The van der Waals surface area contributed by atoms with Gasteiger partial charge in [0.1, 0.15) is 0 Å². The summed E-state index contributed by atoms with van der Waals surface area (Å²) < 4.78 is 0. The number of fused-ring (bicyclic) bond motifs is 4. The van der Waals surface area contributed by atoms with Crippen molar-refractivity contribution >= 4 is 6.08 Å². The van der Waals surface area contributed by atoms with E-state index >= 15 is 0 Å². The molecule has 0 bridgehead atoms. The highest BCUT2D eigenvalue weighted by Gasteiger charge is 2.27. The Kier molecular flexibility index (Phi) is 3.38. The zero-order valence-electron chi connectivity index (χ0n) is 14.6. The molecule has 2 aliphatic carbocycles. The minimum Gasteiger partial charge on any atom is -0.0683 e. The molecule has 5 rings (SSSR count). The number of hydrogen-bond donors (Lipinski definition) is 0. The third-order valence-corrected chi connectivity index (χ3v) is 5.83. The minimum atomic E-state index is 0.527. The molecule has 0 fully saturated rings. The van der Waals surface area contributed by atoms with Gasteiger partial charge in [0.2, 0.25) is 0 Å². The maximum Gasteiger partial charge on any atom is 0.0105 e. The molecule has 0 heteroatoms. The van der Waals surface area contributed by atoms with Gasteiger partial charge in [-0.1, -0.05) is 78.4 Å². The van der Waals surface area contributed by atoms with Gasteiger partial charge in [0, 0.05) is 5.92 Å². The van der Waals surface area contributed by atoms with Gasteiger partial charge in [0.15, 0.2) is 0 Å². The summed E-state index contributed by atoms with van der Waals surface area (Å²) in [5.41, 5.74) is 11.9. The molecular formula is C25H22. The van der Waals surface area contributed by atoms with Crippen LogP contribution in [0.3, 0.4) is 0 Å². The van der Waals surface area contributed by atoms with Gasteiger partial charge in [0.05, 0.1) is 0 Å². The lowest BCUT2D eigenvalue weighted by Crippen LogP contribution is -2.01. The number of allylic oxidation sites excluding steroid dienone is 1. The molecule has 0 unspecified atom stereocenters. The Morgan fingerprint density at radius 2 is 1.48 bits per heavy atom. The summed E-state index contributed by atoms with van der Waals surface area (Å²) in [6.45, 7) is 2.24. The lowest BCUT2D eigenvalue weighted by atomic mass is 9.88. The molecule has 0 nitrogen and oxygen atoms in total. The van der Waals surface area contributed by atoms with Crippen molar-refractivity contribution in [2.45, 2.75) is 32.1 Å². The van der Waals surface area contributed by atoms with E-state index < -0.39 is 0 Å². The average molecular weight is 322 g/mol. The molecule has 0 saturated heterocycles. The Balaban J connectivity index is 1.48. The number of hydrogen-bond acceptors (Lipinski definition) is 0. The first-order valence-electron chi connectivity index (χ1n) is 9.27. The van der Waals surface area contributed by atoms with E-state index in [9.17, 15) is 0 Å². The zero-order chi connectivity index (χ0) is 16.8. The number of rotatable bonds is 3. The van der Waals surface area contributed by atoms with Crippen molar-refractivity contribution in [1.82, 2.24) is 0 Å². The average Bonchev–Trinajstić information content (AvgIpc) is 3.18. The standard InChI is InChI=1S/C25H22/c1-17-15-19-8-6-7-18(25(19)16-17)13-14-24-22-11-4-2-9-20(22)21-10-3-5-12-23(21)24/h2-12,15,24H,13-14,16H2,1H3. The first kappa shape index (κ1) is 14.7. The highest BCUT2D eigenvalue weighted by molar-refractivity contribution is 5.78. The van der Waals surface area contributed by atoms with Crippen molar-refractivity contribution in [3.8, 4) is 11.1 Å². The van der Waals surface area contributed by atoms with Gasteiger partial charge in [0.25, 0.3) is 0 Å². The van der Waals surface area contributed by atoms with Crippen molar-refractivity contribution in [3.63, 3.8) is 0 Å². The summed E-state index contributed by atoms with van der Waals surface area (Å²) in [6, 6.07) is 24.7. The Hall–Kier alpha value is -2.60. The van der Waals surface area contributed by atoms with Gasteiger partial charge in [-0.05, 0) is 65.1 Å². The van der Waals surface area contributed by atoms with Gasteiger partial charge in [-0.15, -0.1) is 0 Å². The topological polar surface area (TPSA) is 0 Å². The van der Waals surface area contributed by atoms with Crippen molar-refractivity contribution in [1.29, 1.82) is 0 Å². The summed E-state index contributed by atoms with van der Waals surface area (Å²) in [6.07, 6.45) is 5.81. The second-order valence-corrected chi connectivity index (χ2v) is 7.42. The van der Waals surface area contributed by atoms with Crippen molar-refractivity contribution in [2.75, 3.05) is 0 Å². The van der Waals surface area contributed by atoms with Crippen LogP contribution in [0.5, 0.6) is 0 Å². The molecule has 3 aromatic carbocycles. The third-order valence-electron chi connectivity index (χ3n) is 5.83. The smallest absolute Gasteiger partial charge is 0.0105 e. The van der Waals surface area contributed by atoms with E-state index in [4.69, 9.17) is 0 Å². The van der Waals surface area contributed by atoms with E-state index in [1.54, 1.807) is 5.56 Å². The van der Waals surface area contributed by atoms with Crippen molar-refractivity contribution < 1.29 is 0 Å². The van der Waals surface area contributed by atoms with Gasteiger partial charge < -0.3 is 0 Å². The second kappa shape index (κ2) is 5.74. The van der Waals surface area contributed by atoms with Gasteiger partial charge in [-0.3, -0.25) is 0 Å². The fourth-order valence-corrected chi connectivity index (χ4v) is 4.71. The molecule has 0 aromatic heterocycles. The summed E-state index contributed by atoms with van der Waals surface area (Å²) in [5, 5.41) is 0. The van der Waals surface area contributed by atoms with Crippen LogP contribution in [0, 0.1) is 0 Å². The molecule has 0 N–H and O–H groups in total. The lowest BCUT2D eigenvalue weighted by Gasteiger charge is -2.15. The fourth-order valence-electron chi connectivity index (χ4n) is 4.71. The van der Waals surface area contributed by atoms with Crippen LogP contribution in [0.4, 0.5) is 0 Å². The SMILES string of the molecule is CC1=Cc2cccc(CCC3c4ccccc4-c4ccccc43)c2C1. The Bertz CT molecular complexity index is 945. The molecular weight excluding hydrogens is 300 g/mol. The van der Waals surface area contributed by atoms with E-state index in [-0.39, 0.29) is 0 Å². The quantitative estimate of drug-likeness (QED) is 0.524. The molecule has 0 radical (unpaired) electrons. The minimum absolute atomic E-state index is 0.527. The molecule has 25 heavy (non-hydrogen) atoms. The van der Waals surface area contributed by atoms with Crippen LogP contribution in [-0.2, 0) is 12.8 Å². The van der Waals surface area contributed by atoms with Crippen molar-refractivity contribution in [2.24, 2.45) is 0 Å². The van der Waals surface area contributed by atoms with E-state index in [0.717, 1.165) is 12.8 Å². The molecule has 0 saturated carbocycles. The van der Waals surface area contributed by atoms with Crippen LogP contribution in [0.2, 0.25) is 0 Å². The third kappa shape index (κ3) is 2.36. The zero-order valence-corrected chi connectivity index (χ0v) is 14.6. The van der Waals surface area contributed by atoms with Crippen LogP contribution in [0.25, 0.3) is 17.2 Å². The summed E-state index contributed by atoms with van der Waals surface area (Å²) in [7, 11) is 0. The summed E-state index contributed by atoms with van der Waals surface area (Å²) in [5.74, 6) is 0.527. The number of benzene rings is 3. The van der Waals surface area contributed by atoms with E-state index in [1.807, 2.05) is 0 Å². The van der Waals surface area contributed by atoms with E-state index in [2.05, 4.69) is 79.7 Å². The van der Waals surface area contributed by atoms with Gasteiger partial charge in [-0.25, -0.2) is 0 Å². The monoisotopic (exact) mass is 322 g/mol. The predicted molar refractivity (Wildman–Crippen MR) is 106 cm³/mol. The predicted octanol–water partition coefficient (Wildman–Crippen LogP) is 6.39. The van der Waals surface area contributed by atoms with Crippen LogP contribution >= 0.6 is 0 Å². The molecule has 0 atom stereocenters. The maximum absolute atomic E-state index is 2.35. The molecule has 122 valence electrons. The molecule has 0 heterocycles. The van der Waals surface area contributed by atoms with Crippen LogP contribution in [-0.4, -0.2) is 0 Å². The molecule has 0 aliphatic heterocycles. The molecule has 3 aromatic rings. The van der Waals surface area contributed by atoms with E-state index in [0.29, 0.717) is 5.92 Å². The summed E-state index contributed by atoms with van der Waals surface area (Å²) in [4.78, 5) is 0. The molecule has 0 amide bonds. The molecule has 0 spiro atoms. The lowest BCUT2D eigenvalue weighted by molar-refractivity contribution is 0.726. The van der Waals surface area contributed by atoms with Gasteiger partial charge >= 0.3 is 0 Å². The first-order valence-corrected chi connectivity index (χ1v) is 9.27. The maximum atomic E-state index is 2.35. The van der Waals surface area contributed by atoms with Crippen LogP contribution in [0.1, 0.15) is 47.1 Å². The van der Waals surface area contributed by atoms with Crippen molar-refractivity contribution in [3.05, 3.63) is 100 Å². The Morgan fingerprint density at radius 1 is 0.800 bits per heavy atom. The highest BCUT2D eigenvalue weighted by Crippen LogP contribution is 2.46. The van der Waals surface area contributed by atoms with Crippen LogP contribution < -0.4 is 0 Å². The normalized spacial score (nSPS) is 14.8. The first-order chi connectivity index (χ1) is 12.3.